The second kappa shape index (κ2) is 7.91. The van der Waals surface area contributed by atoms with Crippen molar-refractivity contribution in [3.63, 3.8) is 0 Å². The molecule has 2 N–H and O–H groups in total. The number of hydrogen-bond acceptors (Lipinski definition) is 5. The molecule has 0 spiro atoms. The molecule has 1 aromatic carbocycles. The lowest BCUT2D eigenvalue weighted by Crippen LogP contribution is -2.10. The van der Waals surface area contributed by atoms with Gasteiger partial charge in [0.25, 0.3) is 0 Å². The van der Waals surface area contributed by atoms with Crippen molar-refractivity contribution < 1.29 is 15.2 Å². The molecule has 0 unspecified atom stereocenters. The van der Waals surface area contributed by atoms with E-state index in [1.54, 1.807) is 0 Å². The highest BCUT2D eigenvalue weighted by Crippen LogP contribution is 2.22. The van der Waals surface area contributed by atoms with E-state index >= 15 is 0 Å². The molecule has 0 amide bonds. The largest absolute Gasteiger partial charge is 0.316 e. The number of pyridine rings is 1. The van der Waals surface area contributed by atoms with Crippen LogP contribution in [0, 0.1) is 5.92 Å². The first-order chi connectivity index (χ1) is 9.85. The van der Waals surface area contributed by atoms with Gasteiger partial charge < -0.3 is 5.32 Å². The Morgan fingerprint density at radius 1 is 1.40 bits per heavy atom. The first kappa shape index (κ1) is 14.9. The van der Waals surface area contributed by atoms with Crippen molar-refractivity contribution >= 4 is 10.8 Å². The van der Waals surface area contributed by atoms with E-state index in [1.807, 2.05) is 12.4 Å². The van der Waals surface area contributed by atoms with Crippen molar-refractivity contribution in [3.05, 3.63) is 42.2 Å². The van der Waals surface area contributed by atoms with Gasteiger partial charge in [-0.1, -0.05) is 23.2 Å². The number of hydrogen-bond donors (Lipinski definition) is 2. The zero-order valence-corrected chi connectivity index (χ0v) is 11.6. The van der Waals surface area contributed by atoms with Crippen molar-refractivity contribution in [2.45, 2.75) is 12.8 Å². The summed E-state index contributed by atoms with van der Waals surface area (Å²) in [6.07, 6.45) is 6.33. The van der Waals surface area contributed by atoms with Gasteiger partial charge in [-0.15, -0.1) is 0 Å². The Balaban J connectivity index is 0.000000328. The van der Waals surface area contributed by atoms with Gasteiger partial charge in [0, 0.05) is 17.8 Å². The Labute approximate surface area is 118 Å². The molecule has 1 fully saturated rings. The van der Waals surface area contributed by atoms with Crippen LogP contribution in [0.4, 0.5) is 0 Å². The van der Waals surface area contributed by atoms with Crippen LogP contribution in [0.25, 0.3) is 10.8 Å². The van der Waals surface area contributed by atoms with Crippen LogP contribution in [0.3, 0.4) is 0 Å². The van der Waals surface area contributed by atoms with Gasteiger partial charge in [-0.05, 0) is 48.9 Å². The highest BCUT2D eigenvalue weighted by atomic mass is 17.5. The average molecular weight is 276 g/mol. The predicted molar refractivity (Wildman–Crippen MR) is 77.1 cm³/mol. The second-order valence-corrected chi connectivity index (χ2v) is 4.82. The summed E-state index contributed by atoms with van der Waals surface area (Å²) in [6.45, 7) is 2.35. The van der Waals surface area contributed by atoms with Crippen molar-refractivity contribution in [2.75, 3.05) is 20.2 Å². The standard InChI is InChI=1S/C14H16N2.CH4O3/c1-2-12(8-11-4-6-15-9-11)14-5-7-16-10-13(14)3-1;1-3-4-2/h1-3,5,7,10-11,15H,4,6,8-9H2;2H,1H3/t11-;/m0./s1. The first-order valence-electron chi connectivity index (χ1n) is 6.71. The Hall–Kier alpha value is -1.53. The minimum atomic E-state index is 0.804. The molecule has 108 valence electrons. The molecule has 5 nitrogen and oxygen atoms in total. The SMILES string of the molecule is COOO.c1cc(C[C@@H]2CCNC2)c2ccncc2c1. The maximum Gasteiger partial charge on any atom is 0.0744 e. The predicted octanol–water partition coefficient (Wildman–Crippen LogP) is 2.42. The summed E-state index contributed by atoms with van der Waals surface area (Å²) in [4.78, 5) is 7.77. The van der Waals surface area contributed by atoms with E-state index in [4.69, 9.17) is 5.26 Å². The van der Waals surface area contributed by atoms with Gasteiger partial charge in [-0.25, -0.2) is 10.1 Å². The third-order valence-corrected chi connectivity index (χ3v) is 3.52. The number of aromatic nitrogens is 1. The van der Waals surface area contributed by atoms with E-state index in [-0.39, 0.29) is 0 Å². The van der Waals surface area contributed by atoms with Crippen molar-refractivity contribution in [1.82, 2.24) is 10.3 Å². The summed E-state index contributed by atoms with van der Waals surface area (Å²) < 4.78 is 0. The highest BCUT2D eigenvalue weighted by Gasteiger charge is 2.15. The molecule has 1 aliphatic heterocycles. The third-order valence-electron chi connectivity index (χ3n) is 3.52. The maximum atomic E-state index is 7.15. The van der Waals surface area contributed by atoms with Crippen molar-refractivity contribution in [2.24, 2.45) is 5.92 Å². The minimum Gasteiger partial charge on any atom is -0.316 e. The summed E-state index contributed by atoms with van der Waals surface area (Å²) in [5.41, 5.74) is 1.47. The number of rotatable bonds is 3. The molecular formula is C15H20N2O3. The van der Waals surface area contributed by atoms with E-state index in [2.05, 4.69) is 44.5 Å². The van der Waals surface area contributed by atoms with Crippen LogP contribution in [-0.2, 0) is 16.3 Å². The lowest BCUT2D eigenvalue weighted by Gasteiger charge is -2.10. The summed E-state index contributed by atoms with van der Waals surface area (Å²) in [5.74, 6) is 0.804. The number of nitrogens with zero attached hydrogens (tertiary/aromatic N) is 1. The van der Waals surface area contributed by atoms with E-state index in [0.29, 0.717) is 0 Å². The molecule has 1 aromatic heterocycles. The van der Waals surface area contributed by atoms with Crippen LogP contribution in [0.5, 0.6) is 0 Å². The topological polar surface area (TPSA) is 63.6 Å². The van der Waals surface area contributed by atoms with E-state index in [1.165, 1.54) is 49.4 Å². The fourth-order valence-corrected chi connectivity index (χ4v) is 2.57. The van der Waals surface area contributed by atoms with Crippen LogP contribution >= 0.6 is 0 Å². The minimum absolute atomic E-state index is 0.804. The molecule has 0 bridgehead atoms. The summed E-state index contributed by atoms with van der Waals surface area (Å²) >= 11 is 0. The molecule has 2 heterocycles. The molecule has 0 saturated carbocycles. The Kier molecular flexibility index (Phi) is 5.88. The second-order valence-electron chi connectivity index (χ2n) is 4.82. The van der Waals surface area contributed by atoms with Crippen LogP contribution in [0.1, 0.15) is 12.0 Å². The molecular weight excluding hydrogens is 256 g/mol. The Morgan fingerprint density at radius 2 is 2.25 bits per heavy atom. The fourth-order valence-electron chi connectivity index (χ4n) is 2.57. The average Bonchev–Trinajstić information content (AvgIpc) is 3.01. The van der Waals surface area contributed by atoms with Gasteiger partial charge in [-0.3, -0.25) is 4.98 Å². The quantitative estimate of drug-likeness (QED) is 0.666. The van der Waals surface area contributed by atoms with Gasteiger partial charge in [0.05, 0.1) is 7.11 Å². The van der Waals surface area contributed by atoms with Crippen LogP contribution in [0.15, 0.2) is 36.7 Å². The zero-order valence-electron chi connectivity index (χ0n) is 11.6. The molecule has 0 radical (unpaired) electrons. The van der Waals surface area contributed by atoms with E-state index in [0.717, 1.165) is 5.92 Å². The van der Waals surface area contributed by atoms with Gasteiger partial charge in [0.1, 0.15) is 0 Å². The third kappa shape index (κ3) is 3.98. The van der Waals surface area contributed by atoms with Crippen LogP contribution < -0.4 is 5.32 Å². The molecule has 1 atom stereocenters. The Morgan fingerprint density at radius 3 is 2.95 bits per heavy atom. The summed E-state index contributed by atoms with van der Waals surface area (Å²) in [7, 11) is 1.21. The molecule has 20 heavy (non-hydrogen) atoms. The van der Waals surface area contributed by atoms with Gasteiger partial charge in [-0.2, -0.15) is 0 Å². The molecule has 0 aliphatic carbocycles. The molecule has 2 aromatic rings. The monoisotopic (exact) mass is 276 g/mol. The van der Waals surface area contributed by atoms with Crippen LogP contribution in [-0.4, -0.2) is 30.4 Å². The number of fused-ring (bicyclic) bond motifs is 1. The fraction of sp³-hybridized carbons (Fsp3) is 0.400. The van der Waals surface area contributed by atoms with Gasteiger partial charge in [0.15, 0.2) is 0 Å². The lowest BCUT2D eigenvalue weighted by atomic mass is 9.95. The molecule has 5 heteroatoms. The van der Waals surface area contributed by atoms with Crippen LogP contribution in [0.2, 0.25) is 0 Å². The Bertz CT molecular complexity index is 520. The number of benzene rings is 1. The summed E-state index contributed by atoms with van der Waals surface area (Å²) in [5, 5.41) is 16.2. The molecule has 3 rings (SSSR count). The van der Waals surface area contributed by atoms with Gasteiger partial charge in [0.2, 0.25) is 0 Å². The molecule has 1 aliphatic rings. The summed E-state index contributed by atoms with van der Waals surface area (Å²) in [6, 6.07) is 8.66. The van der Waals surface area contributed by atoms with Gasteiger partial charge >= 0.3 is 0 Å². The van der Waals surface area contributed by atoms with Crippen molar-refractivity contribution in [3.8, 4) is 0 Å². The number of nitrogens with one attached hydrogen (secondary N) is 1. The maximum absolute atomic E-state index is 7.15. The lowest BCUT2D eigenvalue weighted by molar-refractivity contribution is -0.479. The smallest absolute Gasteiger partial charge is 0.0744 e. The zero-order chi connectivity index (χ0) is 14.2. The normalized spacial score (nSPS) is 17.8. The van der Waals surface area contributed by atoms with E-state index < -0.39 is 0 Å². The first-order valence-corrected chi connectivity index (χ1v) is 6.71. The highest BCUT2D eigenvalue weighted by molar-refractivity contribution is 5.84. The van der Waals surface area contributed by atoms with Crippen molar-refractivity contribution in [1.29, 1.82) is 0 Å². The van der Waals surface area contributed by atoms with E-state index in [9.17, 15) is 0 Å². The molecule has 1 saturated heterocycles.